The number of anilines is 1. The van der Waals surface area contributed by atoms with E-state index in [1.165, 1.54) is 0 Å². The number of nitrogens with zero attached hydrogens (tertiary/aromatic N) is 1. The Morgan fingerprint density at radius 3 is 2.46 bits per heavy atom. The molecule has 1 aromatic carbocycles. The maximum Gasteiger partial charge on any atom is 0.129 e. The molecule has 70 valence electrons. The first-order valence-corrected chi connectivity index (χ1v) is 4.62. The van der Waals surface area contributed by atoms with Gasteiger partial charge in [-0.2, -0.15) is 5.10 Å². The van der Waals surface area contributed by atoms with Gasteiger partial charge in [-0.1, -0.05) is 43.6 Å². The van der Waals surface area contributed by atoms with Crippen LogP contribution in [0.25, 0.3) is 0 Å². The summed E-state index contributed by atoms with van der Waals surface area (Å²) in [5.41, 5.74) is 3.83. The Morgan fingerprint density at radius 2 is 1.92 bits per heavy atom. The van der Waals surface area contributed by atoms with Crippen molar-refractivity contribution in [1.82, 2.24) is 0 Å². The zero-order chi connectivity index (χ0) is 9.68. The summed E-state index contributed by atoms with van der Waals surface area (Å²) in [6, 6.07) is 9.73. The molecule has 1 aromatic rings. The molecule has 1 rings (SSSR count). The monoisotopic (exact) mass is 196 g/mol. The molecule has 0 aliphatic carbocycles. The third-order valence-electron chi connectivity index (χ3n) is 1.54. The molecule has 0 atom stereocenters. The van der Waals surface area contributed by atoms with Crippen LogP contribution in [-0.2, 0) is 0 Å². The van der Waals surface area contributed by atoms with Gasteiger partial charge in [0.1, 0.15) is 5.17 Å². The van der Waals surface area contributed by atoms with Crippen molar-refractivity contribution in [2.24, 2.45) is 11.0 Å². The summed E-state index contributed by atoms with van der Waals surface area (Å²) in [6.45, 7) is 4.00. The van der Waals surface area contributed by atoms with Crippen molar-refractivity contribution in [2.75, 3.05) is 5.43 Å². The average molecular weight is 197 g/mol. The quantitative estimate of drug-likeness (QED) is 0.582. The summed E-state index contributed by atoms with van der Waals surface area (Å²) in [5.74, 6) is 0.262. The maximum atomic E-state index is 5.85. The van der Waals surface area contributed by atoms with Gasteiger partial charge in [-0.15, -0.1) is 0 Å². The lowest BCUT2D eigenvalue weighted by Crippen LogP contribution is -2.02. The van der Waals surface area contributed by atoms with Crippen molar-refractivity contribution in [2.45, 2.75) is 13.8 Å². The minimum absolute atomic E-state index is 0.262. The zero-order valence-corrected chi connectivity index (χ0v) is 8.55. The fourth-order valence-corrected chi connectivity index (χ4v) is 0.802. The SMILES string of the molecule is CC(C)/C(Cl)=N/Nc1ccccc1. The molecule has 0 unspecified atom stereocenters. The average Bonchev–Trinajstić information content (AvgIpc) is 2.15. The third kappa shape index (κ3) is 3.47. The molecule has 0 aliphatic rings. The second-order valence-corrected chi connectivity index (χ2v) is 3.45. The molecule has 2 nitrogen and oxygen atoms in total. The summed E-state index contributed by atoms with van der Waals surface area (Å²) in [5, 5.41) is 4.61. The first-order valence-electron chi connectivity index (χ1n) is 4.24. The van der Waals surface area contributed by atoms with Gasteiger partial charge in [-0.05, 0) is 12.1 Å². The second-order valence-electron chi connectivity index (χ2n) is 3.07. The van der Waals surface area contributed by atoms with Crippen LogP contribution < -0.4 is 5.43 Å². The molecule has 0 amide bonds. The number of halogens is 1. The van der Waals surface area contributed by atoms with Crippen molar-refractivity contribution in [3.05, 3.63) is 30.3 Å². The Bertz CT molecular complexity index is 280. The highest BCUT2D eigenvalue weighted by molar-refractivity contribution is 6.65. The standard InChI is InChI=1S/C10H13ClN2/c1-8(2)10(11)13-12-9-6-4-3-5-7-9/h3-8,12H,1-2H3/b13-10-. The summed E-state index contributed by atoms with van der Waals surface area (Å²) < 4.78 is 0. The highest BCUT2D eigenvalue weighted by atomic mass is 35.5. The van der Waals surface area contributed by atoms with Crippen molar-refractivity contribution in [3.8, 4) is 0 Å². The maximum absolute atomic E-state index is 5.85. The summed E-state index contributed by atoms with van der Waals surface area (Å²) in [6.07, 6.45) is 0. The van der Waals surface area contributed by atoms with Gasteiger partial charge >= 0.3 is 0 Å². The van der Waals surface area contributed by atoms with E-state index in [-0.39, 0.29) is 5.92 Å². The number of hydrazone groups is 1. The van der Waals surface area contributed by atoms with Gasteiger partial charge < -0.3 is 0 Å². The third-order valence-corrected chi connectivity index (χ3v) is 2.06. The smallest absolute Gasteiger partial charge is 0.129 e. The van der Waals surface area contributed by atoms with E-state index in [1.807, 2.05) is 44.2 Å². The second kappa shape index (κ2) is 4.87. The van der Waals surface area contributed by atoms with E-state index in [0.717, 1.165) is 5.69 Å². The molecule has 0 saturated heterocycles. The lowest BCUT2D eigenvalue weighted by Gasteiger charge is -2.03. The molecule has 0 aromatic heterocycles. The van der Waals surface area contributed by atoms with Gasteiger partial charge in [-0.25, -0.2) is 0 Å². The van der Waals surface area contributed by atoms with Gasteiger partial charge in [-0.3, -0.25) is 5.43 Å². The van der Waals surface area contributed by atoms with Crippen LogP contribution in [-0.4, -0.2) is 5.17 Å². The zero-order valence-electron chi connectivity index (χ0n) is 7.79. The number of para-hydroxylation sites is 1. The fourth-order valence-electron chi connectivity index (χ4n) is 0.760. The van der Waals surface area contributed by atoms with Crippen LogP contribution in [0.1, 0.15) is 13.8 Å². The van der Waals surface area contributed by atoms with E-state index in [4.69, 9.17) is 11.6 Å². The number of hydrogen-bond acceptors (Lipinski definition) is 2. The summed E-state index contributed by atoms with van der Waals surface area (Å²) in [7, 11) is 0. The normalized spacial score (nSPS) is 11.8. The van der Waals surface area contributed by atoms with E-state index < -0.39 is 0 Å². The lowest BCUT2D eigenvalue weighted by molar-refractivity contribution is 0.895. The molecule has 1 N–H and O–H groups in total. The number of hydrogen-bond donors (Lipinski definition) is 1. The van der Waals surface area contributed by atoms with Crippen LogP contribution >= 0.6 is 11.6 Å². The minimum atomic E-state index is 0.262. The first-order chi connectivity index (χ1) is 6.20. The van der Waals surface area contributed by atoms with Crippen LogP contribution in [0.3, 0.4) is 0 Å². The topological polar surface area (TPSA) is 24.4 Å². The molecule has 0 heterocycles. The molecule has 0 spiro atoms. The highest BCUT2D eigenvalue weighted by Gasteiger charge is 1.99. The Kier molecular flexibility index (Phi) is 3.77. The Morgan fingerprint density at radius 1 is 1.31 bits per heavy atom. The summed E-state index contributed by atoms with van der Waals surface area (Å²) in [4.78, 5) is 0. The predicted octanol–water partition coefficient (Wildman–Crippen LogP) is 3.31. The van der Waals surface area contributed by atoms with Gasteiger partial charge in [0, 0.05) is 5.92 Å². The van der Waals surface area contributed by atoms with Gasteiger partial charge in [0.15, 0.2) is 0 Å². The number of benzene rings is 1. The Labute approximate surface area is 83.6 Å². The predicted molar refractivity (Wildman–Crippen MR) is 58.2 cm³/mol. The van der Waals surface area contributed by atoms with Crippen LogP contribution in [0.2, 0.25) is 0 Å². The fraction of sp³-hybridized carbons (Fsp3) is 0.300. The number of rotatable bonds is 3. The van der Waals surface area contributed by atoms with Crippen LogP contribution in [0, 0.1) is 5.92 Å². The molecule has 0 aliphatic heterocycles. The Balaban J connectivity index is 2.57. The van der Waals surface area contributed by atoms with Gasteiger partial charge in [0.05, 0.1) is 5.69 Å². The largest absolute Gasteiger partial charge is 0.277 e. The molecule has 3 heteroatoms. The highest BCUT2D eigenvalue weighted by Crippen LogP contribution is 2.07. The van der Waals surface area contributed by atoms with Crippen molar-refractivity contribution < 1.29 is 0 Å². The van der Waals surface area contributed by atoms with Gasteiger partial charge in [0.25, 0.3) is 0 Å². The molecule has 0 fully saturated rings. The number of nitrogens with one attached hydrogen (secondary N) is 1. The van der Waals surface area contributed by atoms with E-state index in [0.29, 0.717) is 5.17 Å². The van der Waals surface area contributed by atoms with Crippen molar-refractivity contribution >= 4 is 22.5 Å². The van der Waals surface area contributed by atoms with E-state index in [2.05, 4.69) is 10.5 Å². The molecule has 0 saturated carbocycles. The van der Waals surface area contributed by atoms with Crippen LogP contribution in [0.5, 0.6) is 0 Å². The Hall–Kier alpha value is -1.02. The molecule has 0 bridgehead atoms. The van der Waals surface area contributed by atoms with Gasteiger partial charge in [0.2, 0.25) is 0 Å². The van der Waals surface area contributed by atoms with E-state index in [9.17, 15) is 0 Å². The molecule has 0 radical (unpaired) electrons. The lowest BCUT2D eigenvalue weighted by atomic mass is 10.2. The summed E-state index contributed by atoms with van der Waals surface area (Å²) >= 11 is 5.85. The first kappa shape index (κ1) is 10.1. The van der Waals surface area contributed by atoms with E-state index >= 15 is 0 Å². The molecule has 13 heavy (non-hydrogen) atoms. The van der Waals surface area contributed by atoms with Crippen molar-refractivity contribution in [1.29, 1.82) is 0 Å². The molecular weight excluding hydrogens is 184 g/mol. The van der Waals surface area contributed by atoms with E-state index in [1.54, 1.807) is 0 Å². The minimum Gasteiger partial charge on any atom is -0.277 e. The van der Waals surface area contributed by atoms with Crippen molar-refractivity contribution in [3.63, 3.8) is 0 Å². The molecular formula is C10H13ClN2. The van der Waals surface area contributed by atoms with Crippen LogP contribution in [0.15, 0.2) is 35.4 Å². The van der Waals surface area contributed by atoms with Crippen LogP contribution in [0.4, 0.5) is 5.69 Å².